The number of benzene rings is 1. The van der Waals surface area contributed by atoms with Gasteiger partial charge in [0.2, 0.25) is 0 Å². The second-order valence-electron chi connectivity index (χ2n) is 6.94. The van der Waals surface area contributed by atoms with Gasteiger partial charge in [-0.2, -0.15) is 0 Å². The average molecular weight is 349 g/mol. The van der Waals surface area contributed by atoms with Crippen molar-refractivity contribution in [2.45, 2.75) is 6.04 Å². The molecule has 0 saturated carbocycles. The highest BCUT2D eigenvalue weighted by Crippen LogP contribution is 2.16. The molecule has 1 aromatic rings. The van der Waals surface area contributed by atoms with Crippen LogP contribution >= 0.6 is 0 Å². The first-order chi connectivity index (χ1) is 11.9. The Kier molecular flexibility index (Phi) is 6.78. The number of rotatable bonds is 5. The van der Waals surface area contributed by atoms with E-state index in [-0.39, 0.29) is 6.04 Å². The van der Waals surface area contributed by atoms with Crippen LogP contribution in [0.4, 0.5) is 5.69 Å². The van der Waals surface area contributed by atoms with Crippen molar-refractivity contribution in [1.82, 2.24) is 10.6 Å². The van der Waals surface area contributed by atoms with Crippen molar-refractivity contribution in [2.75, 3.05) is 65.8 Å². The van der Waals surface area contributed by atoms with Crippen LogP contribution < -0.4 is 25.3 Å². The van der Waals surface area contributed by atoms with Crippen LogP contribution in [0.5, 0.6) is 0 Å². The van der Waals surface area contributed by atoms with Gasteiger partial charge in [-0.15, -0.1) is 0 Å². The zero-order valence-corrected chi connectivity index (χ0v) is 15.7. The van der Waals surface area contributed by atoms with Crippen LogP contribution in [0.1, 0.15) is 11.6 Å². The Hall–Kier alpha value is -2.12. The summed E-state index contributed by atoms with van der Waals surface area (Å²) in [6.45, 7) is 4.81. The molecule has 1 atom stereocenters. The maximum Gasteiger partial charge on any atom is 0.309 e. The molecule has 25 heavy (non-hydrogen) atoms. The van der Waals surface area contributed by atoms with Gasteiger partial charge in [0.1, 0.15) is 32.2 Å². The van der Waals surface area contributed by atoms with Crippen LogP contribution in [0.15, 0.2) is 24.3 Å². The number of quaternary nitrogens is 2. The van der Waals surface area contributed by atoms with Crippen molar-refractivity contribution in [3.8, 4) is 0 Å². The Morgan fingerprint density at radius 3 is 2.20 bits per heavy atom. The summed E-state index contributed by atoms with van der Waals surface area (Å²) in [4.78, 5) is 28.4. The molecule has 7 heteroatoms. The molecule has 1 fully saturated rings. The molecule has 0 bridgehead atoms. The summed E-state index contributed by atoms with van der Waals surface area (Å²) in [5.41, 5.74) is 2.34. The van der Waals surface area contributed by atoms with Gasteiger partial charge in [0.15, 0.2) is 0 Å². The predicted octanol–water partition coefficient (Wildman–Crippen LogP) is -2.93. The minimum atomic E-state index is -0.598. The predicted molar refractivity (Wildman–Crippen MR) is 97.9 cm³/mol. The number of likely N-dealkylation sites (N-methyl/N-ethyl adjacent to an activating group) is 2. The Balaban J connectivity index is 2.13. The van der Waals surface area contributed by atoms with Gasteiger partial charge in [-0.05, 0) is 12.1 Å². The number of carbonyl (C=O) groups excluding carboxylic acids is 2. The van der Waals surface area contributed by atoms with Gasteiger partial charge in [-0.3, -0.25) is 9.59 Å². The van der Waals surface area contributed by atoms with E-state index in [1.165, 1.54) is 17.5 Å². The first kappa shape index (κ1) is 19.2. The monoisotopic (exact) mass is 349 g/mol. The first-order valence-electron chi connectivity index (χ1n) is 8.85. The van der Waals surface area contributed by atoms with Crippen molar-refractivity contribution in [3.05, 3.63) is 29.8 Å². The molecule has 0 radical (unpaired) electrons. The largest absolute Gasteiger partial charge is 0.378 e. The lowest BCUT2D eigenvalue weighted by Crippen LogP contribution is -3.27. The molecule has 1 aliphatic heterocycles. The van der Waals surface area contributed by atoms with Crippen LogP contribution in [-0.2, 0) is 9.59 Å². The highest BCUT2D eigenvalue weighted by molar-refractivity contribution is 6.35. The number of anilines is 1. The van der Waals surface area contributed by atoms with Crippen molar-refractivity contribution >= 4 is 17.5 Å². The average Bonchev–Trinajstić information content (AvgIpc) is 2.62. The number of hydrogen-bond donors (Lipinski definition) is 4. The molecule has 0 spiro atoms. The molecule has 4 N–H and O–H groups in total. The minimum Gasteiger partial charge on any atom is -0.378 e. The van der Waals surface area contributed by atoms with E-state index in [2.05, 4.69) is 46.8 Å². The van der Waals surface area contributed by atoms with E-state index >= 15 is 0 Å². The Bertz CT molecular complexity index is 580. The normalized spacial score (nSPS) is 21.3. The fourth-order valence-electron chi connectivity index (χ4n) is 3.24. The van der Waals surface area contributed by atoms with E-state index in [0.29, 0.717) is 6.54 Å². The zero-order valence-electron chi connectivity index (χ0n) is 15.7. The molecule has 2 rings (SSSR count). The number of carbonyl (C=O) groups is 2. The second kappa shape index (κ2) is 8.82. The second-order valence-corrected chi connectivity index (χ2v) is 6.94. The highest BCUT2D eigenvalue weighted by atomic mass is 16.2. The standard InChI is InChI=1S/C18H29N5O2/c1-19-17(24)18(25)20-13-16(23-11-9-22(4)10-12-23)14-5-7-15(8-6-14)21(2)3/h5-8,16H,9-13H2,1-4H3,(H,19,24)(H,20,25)/p+2/t16-/m1/s1. The van der Waals surface area contributed by atoms with E-state index in [4.69, 9.17) is 0 Å². The molecule has 0 unspecified atom stereocenters. The van der Waals surface area contributed by atoms with E-state index < -0.39 is 11.8 Å². The summed E-state index contributed by atoms with van der Waals surface area (Å²) in [5, 5.41) is 5.16. The summed E-state index contributed by atoms with van der Waals surface area (Å²) in [6.07, 6.45) is 0. The number of piperazine rings is 1. The molecule has 1 saturated heterocycles. The summed E-state index contributed by atoms with van der Waals surface area (Å²) >= 11 is 0. The Labute approximate surface area is 150 Å². The molecular weight excluding hydrogens is 318 g/mol. The van der Waals surface area contributed by atoms with Gasteiger partial charge < -0.3 is 25.3 Å². The molecule has 0 aliphatic carbocycles. The SMILES string of the molecule is CNC(=O)C(=O)NC[C@H](c1ccc(N(C)C)cc1)[NH+]1CC[NH+](C)CC1. The first-order valence-corrected chi connectivity index (χ1v) is 8.85. The van der Waals surface area contributed by atoms with Gasteiger partial charge in [-0.25, -0.2) is 0 Å². The summed E-state index contributed by atoms with van der Waals surface area (Å²) in [7, 11) is 7.72. The molecule has 138 valence electrons. The fourth-order valence-corrected chi connectivity index (χ4v) is 3.24. The summed E-state index contributed by atoms with van der Waals surface area (Å²) in [6, 6.07) is 8.61. The summed E-state index contributed by atoms with van der Waals surface area (Å²) < 4.78 is 0. The molecular formula is C18H31N5O2+2. The van der Waals surface area contributed by atoms with Gasteiger partial charge in [0.25, 0.3) is 0 Å². The van der Waals surface area contributed by atoms with Crippen molar-refractivity contribution in [1.29, 1.82) is 0 Å². The third kappa shape index (κ3) is 5.17. The van der Waals surface area contributed by atoms with E-state index in [9.17, 15) is 9.59 Å². The summed E-state index contributed by atoms with van der Waals surface area (Å²) in [5.74, 6) is -1.17. The van der Waals surface area contributed by atoms with Crippen LogP contribution in [0.3, 0.4) is 0 Å². The quantitative estimate of drug-likeness (QED) is 0.430. The Morgan fingerprint density at radius 2 is 1.68 bits per heavy atom. The van der Waals surface area contributed by atoms with Crippen LogP contribution in [0, 0.1) is 0 Å². The number of nitrogens with one attached hydrogen (secondary N) is 4. The number of nitrogens with zero attached hydrogens (tertiary/aromatic N) is 1. The van der Waals surface area contributed by atoms with Crippen molar-refractivity contribution in [3.63, 3.8) is 0 Å². The lowest BCUT2D eigenvalue weighted by Gasteiger charge is -2.33. The van der Waals surface area contributed by atoms with Gasteiger partial charge in [0, 0.05) is 32.4 Å². The third-order valence-electron chi connectivity index (χ3n) is 4.95. The molecule has 2 amide bonds. The minimum absolute atomic E-state index is 0.151. The van der Waals surface area contributed by atoms with E-state index in [1.807, 2.05) is 14.1 Å². The van der Waals surface area contributed by atoms with Crippen LogP contribution in [-0.4, -0.2) is 72.7 Å². The smallest absolute Gasteiger partial charge is 0.309 e. The third-order valence-corrected chi connectivity index (χ3v) is 4.95. The lowest BCUT2D eigenvalue weighted by molar-refractivity contribution is -1.02. The van der Waals surface area contributed by atoms with E-state index in [1.54, 1.807) is 4.90 Å². The maximum absolute atomic E-state index is 11.8. The zero-order chi connectivity index (χ0) is 18.4. The van der Waals surface area contributed by atoms with Crippen molar-refractivity contribution < 1.29 is 19.4 Å². The topological polar surface area (TPSA) is 70.3 Å². The van der Waals surface area contributed by atoms with Crippen LogP contribution in [0.25, 0.3) is 0 Å². The number of amides is 2. The maximum atomic E-state index is 11.8. The van der Waals surface area contributed by atoms with Gasteiger partial charge >= 0.3 is 11.8 Å². The number of hydrogen-bond acceptors (Lipinski definition) is 3. The Morgan fingerprint density at radius 1 is 1.08 bits per heavy atom. The van der Waals surface area contributed by atoms with Gasteiger partial charge in [-0.1, -0.05) is 12.1 Å². The molecule has 7 nitrogen and oxygen atoms in total. The van der Waals surface area contributed by atoms with Gasteiger partial charge in [0.05, 0.1) is 13.6 Å². The van der Waals surface area contributed by atoms with Crippen LogP contribution in [0.2, 0.25) is 0 Å². The van der Waals surface area contributed by atoms with Crippen molar-refractivity contribution in [2.24, 2.45) is 0 Å². The lowest BCUT2D eigenvalue weighted by atomic mass is 10.0. The molecule has 1 aromatic carbocycles. The fraction of sp³-hybridized carbons (Fsp3) is 0.556. The van der Waals surface area contributed by atoms with E-state index in [0.717, 1.165) is 31.9 Å². The highest BCUT2D eigenvalue weighted by Gasteiger charge is 2.30. The molecule has 1 aliphatic rings. The molecule has 0 aromatic heterocycles. The molecule has 1 heterocycles.